The third-order valence-corrected chi connectivity index (χ3v) is 6.87. The minimum atomic E-state index is -0.327. The average molecular weight is 472 g/mol. The number of ether oxygens (including phenoxy) is 2. The van der Waals surface area contributed by atoms with Crippen molar-refractivity contribution in [1.29, 1.82) is 0 Å². The van der Waals surface area contributed by atoms with Gasteiger partial charge in [-0.3, -0.25) is 14.3 Å². The van der Waals surface area contributed by atoms with Gasteiger partial charge in [0.25, 0.3) is 5.56 Å². The smallest absolute Gasteiger partial charge is 0.262 e. The van der Waals surface area contributed by atoms with Crippen LogP contribution in [-0.2, 0) is 23.6 Å². The van der Waals surface area contributed by atoms with Crippen molar-refractivity contribution in [3.63, 3.8) is 0 Å². The summed E-state index contributed by atoms with van der Waals surface area (Å²) < 4.78 is 26.9. The number of nitrogens with zero attached hydrogens (tertiary/aromatic N) is 3. The second-order valence-electron chi connectivity index (χ2n) is 8.75. The molecule has 1 aromatic heterocycles. The highest BCUT2D eigenvalue weighted by atomic mass is 32.2. The zero-order valence-electron chi connectivity index (χ0n) is 19.5. The molecule has 176 valence electrons. The lowest BCUT2D eigenvalue weighted by atomic mass is 10.1. The molecule has 0 radical (unpaired) electrons. The highest BCUT2D eigenvalue weighted by Gasteiger charge is 2.20. The van der Waals surface area contributed by atoms with Crippen LogP contribution in [0.15, 0.2) is 46.3 Å². The van der Waals surface area contributed by atoms with E-state index in [-0.39, 0.29) is 18.2 Å². The topological polar surface area (TPSA) is 56.6 Å². The Morgan fingerprint density at radius 3 is 2.70 bits per heavy atom. The van der Waals surface area contributed by atoms with Gasteiger partial charge in [0.1, 0.15) is 11.6 Å². The fourth-order valence-electron chi connectivity index (χ4n) is 4.29. The number of halogens is 1. The Balaban J connectivity index is 1.67. The zero-order valence-corrected chi connectivity index (χ0v) is 20.3. The van der Waals surface area contributed by atoms with Gasteiger partial charge in [0.15, 0.2) is 11.9 Å². The first-order chi connectivity index (χ1) is 15.8. The normalized spacial score (nSPS) is 13.7. The Morgan fingerprint density at radius 2 is 1.94 bits per heavy atom. The summed E-state index contributed by atoms with van der Waals surface area (Å²) in [6.45, 7) is 10.4. The second kappa shape index (κ2) is 10.2. The molecule has 0 saturated heterocycles. The van der Waals surface area contributed by atoms with E-state index in [0.717, 1.165) is 12.1 Å². The van der Waals surface area contributed by atoms with Gasteiger partial charge in [0.05, 0.1) is 17.5 Å². The molecule has 33 heavy (non-hydrogen) atoms. The molecule has 0 N–H and O–H groups in total. The summed E-state index contributed by atoms with van der Waals surface area (Å²) in [5.74, 6) is 0.769. The highest BCUT2D eigenvalue weighted by molar-refractivity contribution is 7.98. The van der Waals surface area contributed by atoms with Crippen LogP contribution >= 0.6 is 11.8 Å². The Labute approximate surface area is 197 Å². The van der Waals surface area contributed by atoms with Crippen LogP contribution in [0.1, 0.15) is 38.8 Å². The lowest BCUT2D eigenvalue weighted by molar-refractivity contribution is -0.0171. The predicted octanol–water partition coefficient (Wildman–Crippen LogP) is 4.81. The molecule has 0 atom stereocenters. The minimum absolute atomic E-state index is 0.0542. The van der Waals surface area contributed by atoms with Crippen molar-refractivity contribution in [3.8, 4) is 5.75 Å². The molecule has 0 saturated carbocycles. The maximum Gasteiger partial charge on any atom is 0.262 e. The van der Waals surface area contributed by atoms with Gasteiger partial charge in [-0.15, -0.1) is 0 Å². The summed E-state index contributed by atoms with van der Waals surface area (Å²) in [5, 5.41) is 1.22. The van der Waals surface area contributed by atoms with Crippen molar-refractivity contribution < 1.29 is 13.9 Å². The largest absolute Gasteiger partial charge is 0.467 e. The number of fused-ring (bicyclic) bond motifs is 2. The van der Waals surface area contributed by atoms with Crippen LogP contribution in [0, 0.1) is 5.82 Å². The molecule has 3 aromatic rings. The molecule has 6 nitrogen and oxygen atoms in total. The van der Waals surface area contributed by atoms with E-state index in [1.54, 1.807) is 4.57 Å². The van der Waals surface area contributed by atoms with Gasteiger partial charge >= 0.3 is 0 Å². The first-order valence-electron chi connectivity index (χ1n) is 11.2. The summed E-state index contributed by atoms with van der Waals surface area (Å²) in [4.78, 5) is 20.5. The first-order valence-corrected chi connectivity index (χ1v) is 12.2. The molecule has 2 aromatic carbocycles. The first kappa shape index (κ1) is 23.7. The number of hydrogen-bond donors (Lipinski definition) is 0. The highest BCUT2D eigenvalue weighted by Crippen LogP contribution is 2.33. The molecule has 2 heterocycles. The Bertz CT molecular complexity index is 1190. The SMILES string of the molecule is CC(C)N(CCn1c(SCc2cc(F)cc3c2OCOC3)nc2ccccc2c1=O)C(C)C. The summed E-state index contributed by atoms with van der Waals surface area (Å²) in [5.41, 5.74) is 2.04. The van der Waals surface area contributed by atoms with Crippen molar-refractivity contribution in [2.75, 3.05) is 13.3 Å². The van der Waals surface area contributed by atoms with Crippen molar-refractivity contribution in [2.45, 2.75) is 63.8 Å². The molecular weight excluding hydrogens is 441 g/mol. The molecule has 0 unspecified atom stereocenters. The number of aromatic nitrogens is 2. The van der Waals surface area contributed by atoms with Crippen molar-refractivity contribution >= 4 is 22.7 Å². The number of thioether (sulfide) groups is 1. The molecular formula is C25H30FN3O3S. The quantitative estimate of drug-likeness (QED) is 0.347. The Hall–Kier alpha value is -2.42. The lowest BCUT2D eigenvalue weighted by Gasteiger charge is -2.30. The predicted molar refractivity (Wildman–Crippen MR) is 129 cm³/mol. The maximum atomic E-state index is 14.2. The van der Waals surface area contributed by atoms with Gasteiger partial charge in [-0.05, 0) is 52.0 Å². The molecule has 0 spiro atoms. The Morgan fingerprint density at radius 1 is 1.18 bits per heavy atom. The lowest BCUT2D eigenvalue weighted by Crippen LogP contribution is -2.40. The van der Waals surface area contributed by atoms with Crippen molar-refractivity contribution in [1.82, 2.24) is 14.5 Å². The van der Waals surface area contributed by atoms with E-state index in [1.807, 2.05) is 24.3 Å². The van der Waals surface area contributed by atoms with Crippen LogP contribution < -0.4 is 10.3 Å². The number of para-hydroxylation sites is 1. The summed E-state index contributed by atoms with van der Waals surface area (Å²) >= 11 is 1.42. The number of benzene rings is 2. The van der Waals surface area contributed by atoms with Crippen LogP contribution in [0.3, 0.4) is 0 Å². The van der Waals surface area contributed by atoms with Gasteiger partial charge < -0.3 is 9.47 Å². The van der Waals surface area contributed by atoms with E-state index in [1.165, 1.54) is 23.9 Å². The molecule has 0 amide bonds. The van der Waals surface area contributed by atoms with E-state index in [9.17, 15) is 9.18 Å². The molecule has 8 heteroatoms. The molecule has 1 aliphatic rings. The van der Waals surface area contributed by atoms with E-state index in [0.29, 0.717) is 58.4 Å². The summed E-state index contributed by atoms with van der Waals surface area (Å²) in [6, 6.07) is 11.1. The van der Waals surface area contributed by atoms with Crippen LogP contribution in [0.5, 0.6) is 5.75 Å². The monoisotopic (exact) mass is 471 g/mol. The third kappa shape index (κ3) is 5.23. The van der Waals surface area contributed by atoms with Crippen molar-refractivity contribution in [3.05, 3.63) is 63.7 Å². The fraction of sp³-hybridized carbons (Fsp3) is 0.440. The van der Waals surface area contributed by atoms with Gasteiger partial charge in [-0.25, -0.2) is 9.37 Å². The maximum absolute atomic E-state index is 14.2. The van der Waals surface area contributed by atoms with Crippen LogP contribution in [0.25, 0.3) is 10.9 Å². The van der Waals surface area contributed by atoms with Gasteiger partial charge in [0.2, 0.25) is 0 Å². The van der Waals surface area contributed by atoms with E-state index in [4.69, 9.17) is 14.5 Å². The van der Waals surface area contributed by atoms with E-state index in [2.05, 4.69) is 32.6 Å². The van der Waals surface area contributed by atoms with Crippen LogP contribution in [0.4, 0.5) is 4.39 Å². The van der Waals surface area contributed by atoms with Gasteiger partial charge in [0, 0.05) is 42.1 Å². The Kier molecular flexibility index (Phi) is 7.36. The third-order valence-electron chi connectivity index (χ3n) is 5.84. The molecule has 0 bridgehead atoms. The van der Waals surface area contributed by atoms with Crippen LogP contribution in [-0.4, -0.2) is 39.9 Å². The molecule has 4 rings (SSSR count). The standard InChI is InChI=1S/C25H30FN3O3S/c1-16(2)28(17(3)4)9-10-29-24(30)21-7-5-6-8-22(21)27-25(29)33-14-19-12-20(26)11-18-13-31-15-32-23(18)19/h5-8,11-12,16-17H,9-10,13-15H2,1-4H3. The number of hydrogen-bond acceptors (Lipinski definition) is 6. The minimum Gasteiger partial charge on any atom is -0.467 e. The zero-order chi connectivity index (χ0) is 23.5. The van der Waals surface area contributed by atoms with Gasteiger partial charge in [-0.1, -0.05) is 23.9 Å². The van der Waals surface area contributed by atoms with Crippen LogP contribution in [0.2, 0.25) is 0 Å². The van der Waals surface area contributed by atoms with Gasteiger partial charge in [-0.2, -0.15) is 0 Å². The van der Waals surface area contributed by atoms with Crippen molar-refractivity contribution in [2.24, 2.45) is 0 Å². The molecule has 1 aliphatic heterocycles. The summed E-state index contributed by atoms with van der Waals surface area (Å²) in [7, 11) is 0. The average Bonchev–Trinajstić information content (AvgIpc) is 2.78. The molecule has 0 aliphatic carbocycles. The molecule has 0 fully saturated rings. The second-order valence-corrected chi connectivity index (χ2v) is 9.69. The summed E-state index contributed by atoms with van der Waals surface area (Å²) in [6.07, 6.45) is 0. The van der Waals surface area contributed by atoms with E-state index >= 15 is 0 Å². The number of rotatable bonds is 8. The van der Waals surface area contributed by atoms with E-state index < -0.39 is 0 Å². The fourth-order valence-corrected chi connectivity index (χ4v) is 5.28.